The Morgan fingerprint density at radius 2 is 1.38 bits per heavy atom. The molecule has 0 saturated heterocycles. The molecule has 0 aliphatic heterocycles. The average molecular weight is 337 g/mol. The lowest BCUT2D eigenvalue weighted by molar-refractivity contribution is 0.635. The Kier molecular flexibility index (Phi) is 4.70. The molecule has 1 heteroatoms. The third-order valence-electron chi connectivity index (χ3n) is 4.96. The van der Waals surface area contributed by atoms with Crippen LogP contribution in [0.3, 0.4) is 0 Å². The fraction of sp³-hybridized carbons (Fsp3) is 0.120. The summed E-state index contributed by atoms with van der Waals surface area (Å²) in [6.45, 7) is 2.27. The normalized spacial score (nSPS) is 18.7. The fourth-order valence-corrected chi connectivity index (χ4v) is 3.50. The topological polar surface area (TPSA) is 12.0 Å². The van der Waals surface area contributed by atoms with Crippen molar-refractivity contribution in [3.8, 4) is 11.1 Å². The summed E-state index contributed by atoms with van der Waals surface area (Å²) in [6.07, 6.45) is 8.84. The number of hydrogen-bond donors (Lipinski definition) is 1. The number of benzene rings is 3. The van der Waals surface area contributed by atoms with Crippen molar-refractivity contribution in [2.75, 3.05) is 5.32 Å². The summed E-state index contributed by atoms with van der Waals surface area (Å²) >= 11 is 0. The lowest BCUT2D eigenvalue weighted by atomic mass is 9.84. The molecule has 0 saturated carbocycles. The van der Waals surface area contributed by atoms with Crippen molar-refractivity contribution in [1.29, 1.82) is 0 Å². The zero-order chi connectivity index (χ0) is 17.8. The van der Waals surface area contributed by atoms with Gasteiger partial charge in [-0.25, -0.2) is 0 Å². The maximum atomic E-state index is 3.53. The Bertz CT molecular complexity index is 920. The van der Waals surface area contributed by atoms with Crippen molar-refractivity contribution in [2.24, 2.45) is 5.92 Å². The summed E-state index contributed by atoms with van der Waals surface area (Å²) < 4.78 is 0. The highest BCUT2D eigenvalue weighted by Crippen LogP contribution is 2.32. The molecular formula is C25H23N. The molecule has 0 aromatic heterocycles. The zero-order valence-electron chi connectivity index (χ0n) is 15.0. The number of nitrogens with one attached hydrogen (secondary N) is 1. The van der Waals surface area contributed by atoms with Crippen LogP contribution in [0.5, 0.6) is 0 Å². The fourth-order valence-electron chi connectivity index (χ4n) is 3.50. The Morgan fingerprint density at radius 3 is 2.15 bits per heavy atom. The summed E-state index contributed by atoms with van der Waals surface area (Å²) in [5, 5.41) is 3.53. The second kappa shape index (κ2) is 7.45. The molecule has 1 aliphatic carbocycles. The molecule has 0 spiro atoms. The van der Waals surface area contributed by atoms with E-state index in [0.29, 0.717) is 11.8 Å². The second-order valence-corrected chi connectivity index (χ2v) is 6.85. The van der Waals surface area contributed by atoms with E-state index < -0.39 is 0 Å². The van der Waals surface area contributed by atoms with E-state index in [1.165, 1.54) is 16.7 Å². The van der Waals surface area contributed by atoms with Crippen LogP contribution in [-0.2, 0) is 0 Å². The molecule has 0 bridgehead atoms. The molecule has 128 valence electrons. The molecule has 2 unspecified atom stereocenters. The van der Waals surface area contributed by atoms with E-state index in [1.54, 1.807) is 0 Å². The van der Waals surface area contributed by atoms with E-state index in [2.05, 4.69) is 109 Å². The molecule has 0 radical (unpaired) electrons. The second-order valence-electron chi connectivity index (χ2n) is 6.85. The van der Waals surface area contributed by atoms with E-state index in [9.17, 15) is 0 Å². The van der Waals surface area contributed by atoms with Gasteiger partial charge < -0.3 is 5.32 Å². The molecule has 1 N–H and O–H groups in total. The lowest BCUT2D eigenvalue weighted by Gasteiger charge is -2.21. The first kappa shape index (κ1) is 16.4. The largest absolute Gasteiger partial charge is 0.356 e. The van der Waals surface area contributed by atoms with Gasteiger partial charge in [0.1, 0.15) is 0 Å². The third-order valence-corrected chi connectivity index (χ3v) is 4.96. The van der Waals surface area contributed by atoms with Gasteiger partial charge in [0.05, 0.1) is 0 Å². The van der Waals surface area contributed by atoms with Crippen LogP contribution < -0.4 is 5.32 Å². The zero-order valence-corrected chi connectivity index (χ0v) is 15.0. The van der Waals surface area contributed by atoms with Crippen LogP contribution in [0.1, 0.15) is 18.4 Å². The van der Waals surface area contributed by atoms with Gasteiger partial charge in [-0.05, 0) is 46.9 Å². The highest BCUT2D eigenvalue weighted by molar-refractivity contribution is 5.68. The quantitative estimate of drug-likeness (QED) is 0.543. The molecule has 0 amide bonds. The van der Waals surface area contributed by atoms with Crippen molar-refractivity contribution < 1.29 is 0 Å². The maximum absolute atomic E-state index is 3.53. The van der Waals surface area contributed by atoms with Crippen molar-refractivity contribution >= 4 is 11.4 Å². The van der Waals surface area contributed by atoms with Gasteiger partial charge in [0.15, 0.2) is 0 Å². The van der Waals surface area contributed by atoms with Gasteiger partial charge in [-0.15, -0.1) is 0 Å². The van der Waals surface area contributed by atoms with Gasteiger partial charge in [-0.2, -0.15) is 0 Å². The van der Waals surface area contributed by atoms with Crippen LogP contribution in [0.4, 0.5) is 11.4 Å². The third kappa shape index (κ3) is 3.62. The molecule has 1 nitrogen and oxygen atoms in total. The van der Waals surface area contributed by atoms with Crippen LogP contribution >= 0.6 is 0 Å². The highest BCUT2D eigenvalue weighted by Gasteiger charge is 2.16. The van der Waals surface area contributed by atoms with E-state index in [-0.39, 0.29) is 0 Å². The Labute approximate surface area is 155 Å². The van der Waals surface area contributed by atoms with E-state index in [1.807, 2.05) is 6.07 Å². The van der Waals surface area contributed by atoms with Crippen LogP contribution in [0, 0.1) is 5.92 Å². The van der Waals surface area contributed by atoms with Crippen LogP contribution in [0.25, 0.3) is 11.1 Å². The van der Waals surface area contributed by atoms with Gasteiger partial charge in [0.25, 0.3) is 0 Å². The SMILES string of the molecule is CC1C=CC=CC1c1cccc(Nc2ccc(-c3ccccc3)cc2)c1. The lowest BCUT2D eigenvalue weighted by Crippen LogP contribution is -2.07. The summed E-state index contributed by atoms with van der Waals surface area (Å²) in [5.41, 5.74) is 6.06. The summed E-state index contributed by atoms with van der Waals surface area (Å²) in [5.74, 6) is 0.975. The van der Waals surface area contributed by atoms with Gasteiger partial charge in [0, 0.05) is 17.3 Å². The molecule has 4 rings (SSSR count). The summed E-state index contributed by atoms with van der Waals surface area (Å²) in [4.78, 5) is 0. The minimum Gasteiger partial charge on any atom is -0.356 e. The standard InChI is InChI=1S/C25H23N/c1-19-8-5-6-13-25(19)22-11-7-12-24(18-22)26-23-16-14-21(15-17-23)20-9-3-2-4-10-20/h2-19,25-26H,1H3. The predicted molar refractivity (Wildman–Crippen MR) is 112 cm³/mol. The van der Waals surface area contributed by atoms with Crippen molar-refractivity contribution in [3.05, 3.63) is 109 Å². The molecule has 2 atom stereocenters. The number of anilines is 2. The van der Waals surface area contributed by atoms with Crippen molar-refractivity contribution in [2.45, 2.75) is 12.8 Å². The molecule has 0 fully saturated rings. The monoisotopic (exact) mass is 337 g/mol. The van der Waals surface area contributed by atoms with E-state index in [4.69, 9.17) is 0 Å². The number of hydrogen-bond acceptors (Lipinski definition) is 1. The molecular weight excluding hydrogens is 314 g/mol. The minimum atomic E-state index is 0.446. The first-order chi connectivity index (χ1) is 12.8. The van der Waals surface area contributed by atoms with E-state index in [0.717, 1.165) is 11.4 Å². The van der Waals surface area contributed by atoms with Crippen LogP contribution in [-0.4, -0.2) is 0 Å². The average Bonchev–Trinajstić information content (AvgIpc) is 2.70. The predicted octanol–water partition coefficient (Wildman–Crippen LogP) is 6.94. The van der Waals surface area contributed by atoms with Crippen LogP contribution in [0.2, 0.25) is 0 Å². The molecule has 26 heavy (non-hydrogen) atoms. The Hall–Kier alpha value is -3.06. The van der Waals surface area contributed by atoms with Gasteiger partial charge >= 0.3 is 0 Å². The van der Waals surface area contributed by atoms with Gasteiger partial charge in [-0.3, -0.25) is 0 Å². The first-order valence-corrected chi connectivity index (χ1v) is 9.17. The maximum Gasteiger partial charge on any atom is 0.0387 e. The molecule has 1 aliphatic rings. The number of rotatable bonds is 4. The molecule has 3 aromatic carbocycles. The minimum absolute atomic E-state index is 0.446. The smallest absolute Gasteiger partial charge is 0.0387 e. The molecule has 3 aromatic rings. The first-order valence-electron chi connectivity index (χ1n) is 9.17. The Balaban J connectivity index is 1.52. The Morgan fingerprint density at radius 1 is 0.654 bits per heavy atom. The van der Waals surface area contributed by atoms with Crippen LogP contribution in [0.15, 0.2) is 103 Å². The highest BCUT2D eigenvalue weighted by atomic mass is 14.9. The number of allylic oxidation sites excluding steroid dienone is 4. The van der Waals surface area contributed by atoms with Gasteiger partial charge in [0.2, 0.25) is 0 Å². The van der Waals surface area contributed by atoms with E-state index >= 15 is 0 Å². The summed E-state index contributed by atoms with van der Waals surface area (Å²) in [7, 11) is 0. The van der Waals surface area contributed by atoms with Crippen molar-refractivity contribution in [1.82, 2.24) is 0 Å². The summed E-state index contributed by atoms with van der Waals surface area (Å²) in [6, 6.07) is 27.8. The van der Waals surface area contributed by atoms with Crippen molar-refractivity contribution in [3.63, 3.8) is 0 Å². The van der Waals surface area contributed by atoms with Gasteiger partial charge in [-0.1, -0.05) is 85.8 Å². The molecule has 0 heterocycles.